The quantitative estimate of drug-likeness (QED) is 0.198. The summed E-state index contributed by atoms with van der Waals surface area (Å²) in [5.41, 5.74) is -2.33. The van der Waals surface area contributed by atoms with Crippen LogP contribution in [0.15, 0.2) is 29.1 Å². The number of ether oxygens (including phenoxy) is 1. The topological polar surface area (TPSA) is 95.8 Å². The van der Waals surface area contributed by atoms with E-state index in [1.54, 1.807) is 0 Å². The highest BCUT2D eigenvalue weighted by atomic mass is 19.3. The Balaban J connectivity index is 1.38. The Bertz CT molecular complexity index is 2130. The first-order valence-corrected chi connectivity index (χ1v) is 16.5. The molecule has 1 atom stereocenters. The number of nitrogens with one attached hydrogen (secondary N) is 1. The average molecular weight is 677 g/mol. The van der Waals surface area contributed by atoms with Crippen molar-refractivity contribution in [1.29, 1.82) is 0 Å². The number of pyridine rings is 1. The monoisotopic (exact) mass is 676 g/mol. The second kappa shape index (κ2) is 11.1. The van der Waals surface area contributed by atoms with Crippen LogP contribution in [0.2, 0.25) is 0 Å². The number of aromatic hydroxyl groups is 1. The lowest BCUT2D eigenvalue weighted by atomic mass is 9.73. The predicted molar refractivity (Wildman–Crippen MR) is 177 cm³/mol. The molecule has 2 aromatic heterocycles. The zero-order valence-corrected chi connectivity index (χ0v) is 27.3. The van der Waals surface area contributed by atoms with Crippen molar-refractivity contribution in [2.45, 2.75) is 44.1 Å². The number of nitrogens with zero attached hydrogens (tertiary/aromatic N) is 5. The van der Waals surface area contributed by atoms with Crippen molar-refractivity contribution in [3.63, 3.8) is 0 Å². The number of rotatable bonds is 8. The number of phenolic OH excluding ortho intramolecular Hbond substituents is 1. The number of hydrogen-bond acceptors (Lipinski definition) is 8. The Morgan fingerprint density at radius 2 is 1.82 bits per heavy atom. The van der Waals surface area contributed by atoms with Gasteiger partial charge in [-0.3, -0.25) is 9.36 Å². The fourth-order valence-electron chi connectivity index (χ4n) is 7.73. The standard InChI is InChI=1S/C36H36F4N6O3/c1-4-22-24(37)6-5-20-13-21(47)14-23(26(20)22)30-28(38)29-27(32(48)46(30)25-15-36(25,39)40)31(45-11-9-34(10-12-45)16-41-17-34)43-33(42-29)49-19-35(7-8-35)18-44(2)3/h1,5-6,13-14,25,41,47H,7-12,15-19H2,2-3H3. The van der Waals surface area contributed by atoms with Crippen LogP contribution in [0.1, 0.15) is 43.7 Å². The van der Waals surface area contributed by atoms with Crippen LogP contribution < -0.4 is 20.5 Å². The highest BCUT2D eigenvalue weighted by molar-refractivity contribution is 6.03. The van der Waals surface area contributed by atoms with Gasteiger partial charge in [-0.15, -0.1) is 6.42 Å². The summed E-state index contributed by atoms with van der Waals surface area (Å²) in [6.45, 7) is 3.84. The summed E-state index contributed by atoms with van der Waals surface area (Å²) in [6, 6.07) is 3.04. The van der Waals surface area contributed by atoms with Gasteiger partial charge >= 0.3 is 6.01 Å². The van der Waals surface area contributed by atoms with Crippen LogP contribution in [0.5, 0.6) is 11.8 Å². The molecule has 2 saturated carbocycles. The number of alkyl halides is 2. The Hall–Kier alpha value is -4.41. The summed E-state index contributed by atoms with van der Waals surface area (Å²) in [7, 11) is 3.94. The highest BCUT2D eigenvalue weighted by Gasteiger charge is 2.60. The van der Waals surface area contributed by atoms with E-state index in [9.17, 15) is 18.7 Å². The SMILES string of the molecule is C#Cc1c(F)ccc2cc(O)cc(-c3c(F)c4nc(OCC5(CN(C)C)CC5)nc(N5CCC6(CC5)CNC6)c4c(=O)n3C3CC3(F)F)c12. The minimum atomic E-state index is -3.31. The van der Waals surface area contributed by atoms with E-state index in [1.165, 1.54) is 12.1 Å². The van der Waals surface area contributed by atoms with Crippen LogP contribution in [-0.4, -0.2) is 83.9 Å². The largest absolute Gasteiger partial charge is 0.508 e. The van der Waals surface area contributed by atoms with Crippen LogP contribution in [0.3, 0.4) is 0 Å². The minimum absolute atomic E-state index is 0.00350. The molecule has 13 heteroatoms. The number of terminal acetylenes is 1. The molecule has 4 heterocycles. The van der Waals surface area contributed by atoms with Gasteiger partial charge in [-0.1, -0.05) is 12.0 Å². The molecule has 0 amide bonds. The molecule has 8 rings (SSSR count). The third-order valence-electron chi connectivity index (χ3n) is 10.8. The van der Waals surface area contributed by atoms with Gasteiger partial charge in [0.2, 0.25) is 0 Å². The van der Waals surface area contributed by atoms with Crippen LogP contribution in [0.25, 0.3) is 32.9 Å². The molecule has 0 radical (unpaired) electrons. The van der Waals surface area contributed by atoms with Crippen molar-refractivity contribution in [3.8, 4) is 35.4 Å². The Kier molecular flexibility index (Phi) is 7.18. The molecule has 2 N–H and O–H groups in total. The van der Waals surface area contributed by atoms with Gasteiger partial charge in [-0.05, 0) is 68.8 Å². The molecule has 0 bridgehead atoms. The number of halogens is 4. The summed E-state index contributed by atoms with van der Waals surface area (Å²) in [6.07, 6.45) is 8.46. The van der Waals surface area contributed by atoms with Crippen molar-refractivity contribution < 1.29 is 27.4 Å². The van der Waals surface area contributed by atoms with E-state index in [0.29, 0.717) is 13.1 Å². The first-order chi connectivity index (χ1) is 23.3. The van der Waals surface area contributed by atoms with Gasteiger partial charge in [0.25, 0.3) is 11.5 Å². The van der Waals surface area contributed by atoms with Gasteiger partial charge < -0.3 is 25.0 Å². The zero-order valence-electron chi connectivity index (χ0n) is 27.3. The second-order valence-electron chi connectivity index (χ2n) is 14.6. The van der Waals surface area contributed by atoms with Crippen molar-refractivity contribution in [2.24, 2.45) is 10.8 Å². The molecule has 2 saturated heterocycles. The number of anilines is 1. The average Bonchev–Trinajstić information content (AvgIpc) is 3.95. The smallest absolute Gasteiger partial charge is 0.319 e. The molecule has 4 fully saturated rings. The van der Waals surface area contributed by atoms with Crippen molar-refractivity contribution in [2.75, 3.05) is 58.3 Å². The lowest BCUT2D eigenvalue weighted by Crippen LogP contribution is -2.58. The molecule has 1 unspecified atom stereocenters. The lowest BCUT2D eigenvalue weighted by Gasteiger charge is -2.48. The van der Waals surface area contributed by atoms with Gasteiger partial charge in [-0.25, -0.2) is 17.6 Å². The summed E-state index contributed by atoms with van der Waals surface area (Å²) in [5.74, 6) is -3.16. The molecule has 2 aliphatic heterocycles. The van der Waals surface area contributed by atoms with Crippen LogP contribution in [0.4, 0.5) is 23.4 Å². The Morgan fingerprint density at radius 1 is 1.10 bits per heavy atom. The predicted octanol–water partition coefficient (Wildman–Crippen LogP) is 5.07. The number of piperidine rings is 1. The van der Waals surface area contributed by atoms with Gasteiger partial charge in [0.05, 0.1) is 17.9 Å². The molecule has 49 heavy (non-hydrogen) atoms. The van der Waals surface area contributed by atoms with Gasteiger partial charge in [0.15, 0.2) is 5.82 Å². The summed E-state index contributed by atoms with van der Waals surface area (Å²) in [4.78, 5) is 27.7. The van der Waals surface area contributed by atoms with E-state index in [0.717, 1.165) is 62.0 Å². The number of hydrogen-bond donors (Lipinski definition) is 2. The normalized spacial score (nSPS) is 21.6. The summed E-state index contributed by atoms with van der Waals surface area (Å²) >= 11 is 0. The Labute approximate surface area is 279 Å². The fraction of sp³-hybridized carbons (Fsp3) is 0.472. The van der Waals surface area contributed by atoms with Gasteiger partial charge in [-0.2, -0.15) is 9.97 Å². The first kappa shape index (κ1) is 31.8. The fourth-order valence-corrected chi connectivity index (χ4v) is 7.73. The molecule has 9 nitrogen and oxygen atoms in total. The van der Waals surface area contributed by atoms with Gasteiger partial charge in [0.1, 0.15) is 34.3 Å². The maximum atomic E-state index is 17.4. The molecule has 4 aromatic rings. The number of fused-ring (bicyclic) bond motifs is 2. The van der Waals surface area contributed by atoms with Crippen LogP contribution >= 0.6 is 0 Å². The summed E-state index contributed by atoms with van der Waals surface area (Å²) in [5, 5.41) is 14.0. The molecule has 2 aromatic carbocycles. The molecule has 4 aliphatic rings. The van der Waals surface area contributed by atoms with Crippen molar-refractivity contribution >= 4 is 27.5 Å². The second-order valence-corrected chi connectivity index (χ2v) is 14.6. The van der Waals surface area contributed by atoms with E-state index in [-0.39, 0.29) is 62.3 Å². The van der Waals surface area contributed by atoms with E-state index >= 15 is 8.78 Å². The van der Waals surface area contributed by atoms with Crippen LogP contribution in [0, 0.1) is 34.8 Å². The molecule has 256 valence electrons. The van der Waals surface area contributed by atoms with Crippen molar-refractivity contribution in [3.05, 3.63) is 51.8 Å². The summed E-state index contributed by atoms with van der Waals surface area (Å²) < 4.78 is 69.3. The van der Waals surface area contributed by atoms with Crippen LogP contribution in [-0.2, 0) is 0 Å². The molecule has 2 aliphatic carbocycles. The van der Waals surface area contributed by atoms with E-state index < -0.39 is 46.8 Å². The van der Waals surface area contributed by atoms with Crippen molar-refractivity contribution in [1.82, 2.24) is 24.8 Å². The lowest BCUT2D eigenvalue weighted by molar-refractivity contribution is 0.100. The Morgan fingerprint density at radius 3 is 2.41 bits per heavy atom. The number of phenols is 1. The third kappa shape index (κ3) is 5.27. The third-order valence-corrected chi connectivity index (χ3v) is 10.8. The number of benzene rings is 2. The highest BCUT2D eigenvalue weighted by Crippen LogP contribution is 2.54. The van der Waals surface area contributed by atoms with E-state index in [4.69, 9.17) is 11.2 Å². The molecular formula is C36H36F4N6O3. The first-order valence-electron chi connectivity index (χ1n) is 16.5. The number of aromatic nitrogens is 3. The maximum absolute atomic E-state index is 17.4. The zero-order chi connectivity index (χ0) is 34.5. The van der Waals surface area contributed by atoms with E-state index in [1.807, 2.05) is 19.0 Å². The molecular weight excluding hydrogens is 640 g/mol. The van der Waals surface area contributed by atoms with Gasteiger partial charge in [0, 0.05) is 55.5 Å². The van der Waals surface area contributed by atoms with E-state index in [2.05, 4.69) is 26.1 Å². The maximum Gasteiger partial charge on any atom is 0.319 e. The molecule has 1 spiro atoms. The minimum Gasteiger partial charge on any atom is -0.508 e.